The van der Waals surface area contributed by atoms with E-state index in [0.717, 1.165) is 6.42 Å². The van der Waals surface area contributed by atoms with E-state index in [9.17, 15) is 0 Å². The Morgan fingerprint density at radius 2 is 1.18 bits per heavy atom. The zero-order valence-corrected chi connectivity index (χ0v) is 23.2. The van der Waals surface area contributed by atoms with Gasteiger partial charge in [-0.3, -0.25) is 0 Å². The third-order valence-electron chi connectivity index (χ3n) is 6.17. The fourth-order valence-electron chi connectivity index (χ4n) is 4.30. The third kappa shape index (κ3) is 12.8. The molecule has 28 heavy (non-hydrogen) atoms. The van der Waals surface area contributed by atoms with Crippen LogP contribution in [0.3, 0.4) is 0 Å². The Bertz CT molecular complexity index is 373. The predicted octanol–water partition coefficient (Wildman–Crippen LogP) is 8.92. The van der Waals surface area contributed by atoms with Crippen molar-refractivity contribution in [2.75, 3.05) is 0 Å². The molecule has 0 radical (unpaired) electrons. The molecule has 0 amide bonds. The topological polar surface area (TPSA) is 9.23 Å². The van der Waals surface area contributed by atoms with Gasteiger partial charge in [0.2, 0.25) is 0 Å². The Balaban J connectivity index is 5.45. The molecule has 0 unspecified atom stereocenters. The molecular formula is C26H52OSn. The molecule has 0 fully saturated rings. The van der Waals surface area contributed by atoms with Crippen LogP contribution in [0, 0.1) is 11.8 Å². The maximum atomic E-state index is 6.85. The Hall–Kier alpha value is 0.319. The quantitative estimate of drug-likeness (QED) is 0.104. The van der Waals surface area contributed by atoms with Crippen molar-refractivity contribution in [2.45, 2.75) is 149 Å². The molecule has 0 aromatic rings. The number of unbranched alkanes of at least 4 members (excludes halogenated alkanes) is 7. The van der Waals surface area contributed by atoms with Crippen LogP contribution >= 0.6 is 0 Å². The second-order valence-electron chi connectivity index (χ2n) is 8.86. The van der Waals surface area contributed by atoms with E-state index in [4.69, 9.17) is 4.74 Å². The van der Waals surface area contributed by atoms with Gasteiger partial charge >= 0.3 is 184 Å². The first-order valence-corrected chi connectivity index (χ1v) is 20.4. The molecule has 0 saturated heterocycles. The van der Waals surface area contributed by atoms with Gasteiger partial charge in [0, 0.05) is 0 Å². The minimum atomic E-state index is -2.37. The van der Waals surface area contributed by atoms with Crippen LogP contribution in [0.4, 0.5) is 0 Å². The molecule has 0 aliphatic heterocycles. The molecule has 0 N–H and O–H groups in total. The van der Waals surface area contributed by atoms with Crippen LogP contribution in [0.25, 0.3) is 0 Å². The van der Waals surface area contributed by atoms with Gasteiger partial charge in [-0.15, -0.1) is 0 Å². The molecule has 0 rings (SSSR count). The average molecular weight is 499 g/mol. The van der Waals surface area contributed by atoms with Crippen LogP contribution in [0.1, 0.15) is 125 Å². The van der Waals surface area contributed by atoms with Crippen molar-refractivity contribution in [3.8, 4) is 11.8 Å². The monoisotopic (exact) mass is 500 g/mol. The van der Waals surface area contributed by atoms with Crippen molar-refractivity contribution < 1.29 is 4.74 Å². The molecule has 0 aliphatic carbocycles. The summed E-state index contributed by atoms with van der Waals surface area (Å²) in [4.78, 5) is 0. The summed E-state index contributed by atoms with van der Waals surface area (Å²) in [5, 5.41) is 0. The molecule has 166 valence electrons. The van der Waals surface area contributed by atoms with Gasteiger partial charge in [0.05, 0.1) is 0 Å². The van der Waals surface area contributed by atoms with E-state index in [2.05, 4.69) is 53.4 Å². The van der Waals surface area contributed by atoms with Gasteiger partial charge in [-0.25, -0.2) is 0 Å². The van der Waals surface area contributed by atoms with Crippen LogP contribution in [-0.2, 0) is 4.74 Å². The summed E-state index contributed by atoms with van der Waals surface area (Å²) < 4.78 is 12.1. The second-order valence-corrected chi connectivity index (χ2v) is 22.8. The molecule has 0 aromatic heterocycles. The summed E-state index contributed by atoms with van der Waals surface area (Å²) in [6.45, 7) is 13.9. The van der Waals surface area contributed by atoms with Crippen LogP contribution in [0.5, 0.6) is 0 Å². The number of hydrogen-bond acceptors (Lipinski definition) is 1. The first kappa shape index (κ1) is 28.3. The summed E-state index contributed by atoms with van der Waals surface area (Å²) in [7, 11) is 0. The SMILES string of the molecule is CCCCC#C[C@H](C)O[C@@H](CCCCC)[Sn]([CH2]CCC)([CH2]CCC)[CH2]CCC. The van der Waals surface area contributed by atoms with Crippen molar-refractivity contribution in [1.82, 2.24) is 0 Å². The van der Waals surface area contributed by atoms with Crippen LogP contribution < -0.4 is 0 Å². The summed E-state index contributed by atoms with van der Waals surface area (Å²) in [5.41, 5.74) is 0. The van der Waals surface area contributed by atoms with Crippen LogP contribution in [0.15, 0.2) is 0 Å². The molecule has 1 nitrogen and oxygen atoms in total. The van der Waals surface area contributed by atoms with Crippen molar-refractivity contribution in [1.29, 1.82) is 0 Å². The molecular weight excluding hydrogens is 447 g/mol. The van der Waals surface area contributed by atoms with Crippen molar-refractivity contribution >= 4 is 18.4 Å². The fourth-order valence-corrected chi connectivity index (χ4v) is 22.0. The van der Waals surface area contributed by atoms with Crippen molar-refractivity contribution in [2.24, 2.45) is 0 Å². The van der Waals surface area contributed by atoms with E-state index in [-0.39, 0.29) is 6.10 Å². The van der Waals surface area contributed by atoms with Gasteiger partial charge in [-0.05, 0) is 0 Å². The summed E-state index contributed by atoms with van der Waals surface area (Å²) in [6.07, 6.45) is 17.2. The third-order valence-corrected chi connectivity index (χ3v) is 22.8. The Labute approximate surface area is 183 Å². The van der Waals surface area contributed by atoms with Gasteiger partial charge < -0.3 is 0 Å². The maximum absolute atomic E-state index is 6.85. The van der Waals surface area contributed by atoms with E-state index in [1.807, 2.05) is 0 Å². The van der Waals surface area contributed by atoms with Crippen LogP contribution in [-0.4, -0.2) is 28.6 Å². The molecule has 0 bridgehead atoms. The first-order valence-electron chi connectivity index (χ1n) is 12.7. The van der Waals surface area contributed by atoms with Gasteiger partial charge in [0.1, 0.15) is 0 Å². The summed E-state index contributed by atoms with van der Waals surface area (Å²) in [5.74, 6) is 6.83. The van der Waals surface area contributed by atoms with Gasteiger partial charge in [-0.1, -0.05) is 0 Å². The van der Waals surface area contributed by atoms with E-state index in [1.165, 1.54) is 90.4 Å². The predicted molar refractivity (Wildman–Crippen MR) is 131 cm³/mol. The van der Waals surface area contributed by atoms with Crippen molar-refractivity contribution in [3.05, 3.63) is 0 Å². The second kappa shape index (κ2) is 19.3. The molecule has 0 heterocycles. The number of ether oxygens (including phenoxy) is 1. The van der Waals surface area contributed by atoms with E-state index >= 15 is 0 Å². The fraction of sp³-hybridized carbons (Fsp3) is 0.923. The average Bonchev–Trinajstić information content (AvgIpc) is 2.70. The standard InChI is InChI=1S/C14H25O.3C4H9.Sn/c1-4-6-8-10-12-14(3)15-13-11-9-7-5-2;3*1-3-4-2;/h13-14H,4-9,11H2,1-3H3;3*1,3-4H2,2H3;/t14-;;;;/m0..../s1. The molecule has 0 saturated carbocycles. The van der Waals surface area contributed by atoms with E-state index in [1.54, 1.807) is 0 Å². The molecule has 2 heteroatoms. The number of rotatable bonds is 18. The minimum absolute atomic E-state index is 0.115. The zero-order chi connectivity index (χ0) is 21.1. The van der Waals surface area contributed by atoms with Gasteiger partial charge in [0.15, 0.2) is 0 Å². The van der Waals surface area contributed by atoms with Crippen molar-refractivity contribution in [3.63, 3.8) is 0 Å². The number of hydrogen-bond donors (Lipinski definition) is 0. The Kier molecular flexibility index (Phi) is 19.5. The first-order chi connectivity index (χ1) is 13.6. The summed E-state index contributed by atoms with van der Waals surface area (Å²) >= 11 is -2.37. The van der Waals surface area contributed by atoms with Crippen LogP contribution in [0.2, 0.25) is 13.3 Å². The molecule has 2 atom stereocenters. The van der Waals surface area contributed by atoms with Gasteiger partial charge in [-0.2, -0.15) is 0 Å². The van der Waals surface area contributed by atoms with E-state index < -0.39 is 18.4 Å². The Morgan fingerprint density at radius 1 is 0.679 bits per heavy atom. The zero-order valence-electron chi connectivity index (χ0n) is 20.4. The van der Waals surface area contributed by atoms with E-state index in [0.29, 0.717) is 4.12 Å². The van der Waals surface area contributed by atoms with Gasteiger partial charge in [0.25, 0.3) is 0 Å². The Morgan fingerprint density at radius 3 is 1.64 bits per heavy atom. The molecule has 0 aromatic carbocycles. The summed E-state index contributed by atoms with van der Waals surface area (Å²) in [6, 6.07) is 0. The molecule has 0 spiro atoms. The normalized spacial score (nSPS) is 13.8. The molecule has 0 aliphatic rings.